The Morgan fingerprint density at radius 3 is 2.83 bits per heavy atom. The van der Waals surface area contributed by atoms with E-state index >= 15 is 0 Å². The predicted octanol–water partition coefficient (Wildman–Crippen LogP) is 4.40. The molecular weight excluding hydrogens is 242 g/mol. The molecule has 0 bridgehead atoms. The molecule has 2 heterocycles. The van der Waals surface area contributed by atoms with E-state index < -0.39 is 0 Å². The van der Waals surface area contributed by atoms with E-state index in [0.29, 0.717) is 12.1 Å². The topological polar surface area (TPSA) is 25.2 Å². The van der Waals surface area contributed by atoms with E-state index in [-0.39, 0.29) is 0 Å². The highest BCUT2D eigenvalue weighted by Crippen LogP contribution is 2.24. The van der Waals surface area contributed by atoms with Crippen molar-refractivity contribution in [2.45, 2.75) is 45.2 Å². The zero-order chi connectivity index (χ0) is 12.8. The molecule has 0 saturated carbocycles. The summed E-state index contributed by atoms with van der Waals surface area (Å²) >= 11 is 1.83. The smallest absolute Gasteiger partial charge is 0.105 e. The van der Waals surface area contributed by atoms with Crippen LogP contribution in [0.25, 0.3) is 0 Å². The van der Waals surface area contributed by atoms with Crippen molar-refractivity contribution in [3.8, 4) is 0 Å². The second-order valence-corrected chi connectivity index (χ2v) is 5.69. The fourth-order valence-corrected chi connectivity index (χ4v) is 3.04. The number of thiophene rings is 1. The summed E-state index contributed by atoms with van der Waals surface area (Å²) in [7, 11) is 0. The van der Waals surface area contributed by atoms with Crippen molar-refractivity contribution in [2.75, 3.05) is 0 Å². The maximum atomic E-state index is 5.40. The zero-order valence-corrected chi connectivity index (χ0v) is 11.9. The molecule has 0 aliphatic heterocycles. The molecule has 0 fully saturated rings. The van der Waals surface area contributed by atoms with Crippen LogP contribution in [0, 0.1) is 0 Å². The quantitative estimate of drug-likeness (QED) is 0.800. The lowest BCUT2D eigenvalue weighted by Crippen LogP contribution is -2.31. The van der Waals surface area contributed by atoms with Gasteiger partial charge in [-0.15, -0.1) is 11.3 Å². The Balaban J connectivity index is 1.92. The Labute approximate surface area is 113 Å². The van der Waals surface area contributed by atoms with E-state index in [1.807, 2.05) is 23.5 Å². The fourth-order valence-electron chi connectivity index (χ4n) is 2.22. The van der Waals surface area contributed by atoms with E-state index in [2.05, 4.69) is 36.7 Å². The van der Waals surface area contributed by atoms with Gasteiger partial charge in [-0.25, -0.2) is 0 Å². The summed E-state index contributed by atoms with van der Waals surface area (Å²) in [6.07, 6.45) is 5.06. The Kier molecular flexibility index (Phi) is 5.02. The SMILES string of the molecule is CCCC(NC(C)Cc1ccco1)c1cccs1. The zero-order valence-electron chi connectivity index (χ0n) is 11.1. The van der Waals surface area contributed by atoms with Gasteiger partial charge in [0.05, 0.1) is 6.26 Å². The average Bonchev–Trinajstić information content (AvgIpc) is 3.00. The molecule has 2 atom stereocenters. The highest BCUT2D eigenvalue weighted by Gasteiger charge is 2.15. The second kappa shape index (κ2) is 6.76. The van der Waals surface area contributed by atoms with Gasteiger partial charge in [-0.1, -0.05) is 19.4 Å². The largest absolute Gasteiger partial charge is 0.469 e. The molecule has 2 aromatic heterocycles. The monoisotopic (exact) mass is 263 g/mol. The first kappa shape index (κ1) is 13.4. The van der Waals surface area contributed by atoms with Gasteiger partial charge < -0.3 is 9.73 Å². The van der Waals surface area contributed by atoms with Crippen molar-refractivity contribution in [1.29, 1.82) is 0 Å². The molecule has 0 amide bonds. The third kappa shape index (κ3) is 3.72. The van der Waals surface area contributed by atoms with Gasteiger partial charge in [0.15, 0.2) is 0 Å². The van der Waals surface area contributed by atoms with Gasteiger partial charge >= 0.3 is 0 Å². The number of rotatable bonds is 7. The maximum absolute atomic E-state index is 5.40. The number of nitrogens with one attached hydrogen (secondary N) is 1. The standard InChI is InChI=1S/C15H21NOS/c1-3-6-14(15-8-5-10-18-15)16-12(2)11-13-7-4-9-17-13/h4-5,7-10,12,14,16H,3,6,11H2,1-2H3. The fraction of sp³-hybridized carbons (Fsp3) is 0.467. The van der Waals surface area contributed by atoms with Crippen molar-refractivity contribution in [2.24, 2.45) is 0 Å². The first-order chi connectivity index (χ1) is 8.79. The molecule has 0 saturated heterocycles. The average molecular weight is 263 g/mol. The molecule has 2 rings (SSSR count). The molecule has 2 aromatic rings. The van der Waals surface area contributed by atoms with Gasteiger partial charge in [0, 0.05) is 23.4 Å². The molecule has 0 radical (unpaired) electrons. The summed E-state index contributed by atoms with van der Waals surface area (Å²) in [4.78, 5) is 1.43. The van der Waals surface area contributed by atoms with Gasteiger partial charge in [-0.2, -0.15) is 0 Å². The van der Waals surface area contributed by atoms with Crippen LogP contribution < -0.4 is 5.32 Å². The van der Waals surface area contributed by atoms with E-state index in [9.17, 15) is 0 Å². The van der Waals surface area contributed by atoms with Crippen molar-refractivity contribution in [1.82, 2.24) is 5.32 Å². The van der Waals surface area contributed by atoms with Crippen LogP contribution in [0.4, 0.5) is 0 Å². The second-order valence-electron chi connectivity index (χ2n) is 4.71. The Morgan fingerprint density at radius 2 is 2.22 bits per heavy atom. The number of furan rings is 1. The van der Waals surface area contributed by atoms with Crippen molar-refractivity contribution in [3.05, 3.63) is 46.5 Å². The minimum Gasteiger partial charge on any atom is -0.469 e. The van der Waals surface area contributed by atoms with Crippen LogP contribution in [0.5, 0.6) is 0 Å². The first-order valence-electron chi connectivity index (χ1n) is 6.61. The third-order valence-electron chi connectivity index (χ3n) is 3.04. The van der Waals surface area contributed by atoms with E-state index in [0.717, 1.165) is 12.2 Å². The van der Waals surface area contributed by atoms with Crippen LogP contribution in [-0.2, 0) is 6.42 Å². The van der Waals surface area contributed by atoms with Crippen LogP contribution in [0.3, 0.4) is 0 Å². The molecule has 3 heteroatoms. The molecule has 18 heavy (non-hydrogen) atoms. The summed E-state index contributed by atoms with van der Waals surface area (Å²) in [5.74, 6) is 1.05. The maximum Gasteiger partial charge on any atom is 0.105 e. The summed E-state index contributed by atoms with van der Waals surface area (Å²) in [6, 6.07) is 9.23. The third-order valence-corrected chi connectivity index (χ3v) is 4.02. The Bertz CT molecular complexity index is 421. The van der Waals surface area contributed by atoms with Gasteiger partial charge in [0.1, 0.15) is 5.76 Å². The minimum absolute atomic E-state index is 0.426. The molecule has 0 aliphatic carbocycles. The minimum atomic E-state index is 0.426. The van der Waals surface area contributed by atoms with Crippen LogP contribution in [0.2, 0.25) is 0 Å². The van der Waals surface area contributed by atoms with E-state index in [1.54, 1.807) is 6.26 Å². The summed E-state index contributed by atoms with van der Waals surface area (Å²) in [6.45, 7) is 4.46. The number of hydrogen-bond acceptors (Lipinski definition) is 3. The Hall–Kier alpha value is -1.06. The van der Waals surface area contributed by atoms with Crippen LogP contribution >= 0.6 is 11.3 Å². The Morgan fingerprint density at radius 1 is 1.33 bits per heavy atom. The van der Waals surface area contributed by atoms with Crippen LogP contribution in [0.1, 0.15) is 43.4 Å². The van der Waals surface area contributed by atoms with Crippen molar-refractivity contribution >= 4 is 11.3 Å². The van der Waals surface area contributed by atoms with Crippen LogP contribution in [0.15, 0.2) is 40.3 Å². The summed E-state index contributed by atoms with van der Waals surface area (Å²) in [5, 5.41) is 5.86. The van der Waals surface area contributed by atoms with Crippen molar-refractivity contribution < 1.29 is 4.42 Å². The van der Waals surface area contributed by atoms with Gasteiger partial charge in [0.25, 0.3) is 0 Å². The lowest BCUT2D eigenvalue weighted by molar-refractivity contribution is 0.404. The molecular formula is C15H21NOS. The normalized spacial score (nSPS) is 14.6. The van der Waals surface area contributed by atoms with E-state index in [4.69, 9.17) is 4.42 Å². The van der Waals surface area contributed by atoms with Gasteiger partial charge in [-0.05, 0) is 36.9 Å². The van der Waals surface area contributed by atoms with Gasteiger partial charge in [0.2, 0.25) is 0 Å². The molecule has 0 aliphatic rings. The molecule has 0 spiro atoms. The van der Waals surface area contributed by atoms with Gasteiger partial charge in [-0.3, -0.25) is 0 Å². The molecule has 98 valence electrons. The molecule has 2 nitrogen and oxygen atoms in total. The molecule has 2 unspecified atom stereocenters. The van der Waals surface area contributed by atoms with Crippen LogP contribution in [-0.4, -0.2) is 6.04 Å². The lowest BCUT2D eigenvalue weighted by atomic mass is 10.1. The molecule has 0 aromatic carbocycles. The summed E-state index contributed by atoms with van der Waals surface area (Å²) < 4.78 is 5.40. The number of hydrogen-bond donors (Lipinski definition) is 1. The van der Waals surface area contributed by atoms with E-state index in [1.165, 1.54) is 17.7 Å². The highest BCUT2D eigenvalue weighted by molar-refractivity contribution is 7.10. The predicted molar refractivity (Wildman–Crippen MR) is 77.0 cm³/mol. The molecule has 1 N–H and O–H groups in total. The first-order valence-corrected chi connectivity index (χ1v) is 7.49. The lowest BCUT2D eigenvalue weighted by Gasteiger charge is -2.21. The highest BCUT2D eigenvalue weighted by atomic mass is 32.1. The van der Waals surface area contributed by atoms with Crippen molar-refractivity contribution in [3.63, 3.8) is 0 Å². The summed E-state index contributed by atoms with van der Waals surface area (Å²) in [5.41, 5.74) is 0.